The van der Waals surface area contributed by atoms with E-state index in [1.165, 1.54) is 26.2 Å². The zero-order valence-corrected chi connectivity index (χ0v) is 17.2. The van der Waals surface area contributed by atoms with Crippen molar-refractivity contribution in [3.05, 3.63) is 29.8 Å². The molecule has 9 heteroatoms. The number of quaternary nitrogens is 1. The third kappa shape index (κ3) is 5.50. The van der Waals surface area contributed by atoms with Crippen LogP contribution in [0.1, 0.15) is 24.2 Å². The number of piperazine rings is 1. The van der Waals surface area contributed by atoms with Crippen LogP contribution >= 0.6 is 0 Å². The molecule has 2 amide bonds. The Bertz CT molecular complexity index is 767. The van der Waals surface area contributed by atoms with Crippen molar-refractivity contribution < 1.29 is 22.9 Å². The van der Waals surface area contributed by atoms with E-state index in [2.05, 4.69) is 5.32 Å². The highest BCUT2D eigenvalue weighted by Crippen LogP contribution is 2.15. The highest BCUT2D eigenvalue weighted by molar-refractivity contribution is 7.89. The monoisotopic (exact) mass is 397 g/mol. The standard InChI is InChI=1S/C18H28N4O4S/c1-14(2)19-17(23)13-21-9-11-22(12-10-21)18(24)15-5-7-16(8-6-15)27(25,26)20(3)4/h5-8,14H,9-13H2,1-4H3,(H,19,23)/p+1. The summed E-state index contributed by atoms with van der Waals surface area (Å²) in [5, 5.41) is 2.88. The number of hydrogen-bond donors (Lipinski definition) is 2. The minimum Gasteiger partial charge on any atom is -0.349 e. The first-order chi connectivity index (χ1) is 12.6. The molecular formula is C18H29N4O4S+. The number of carbonyl (C=O) groups is 2. The number of nitrogens with zero attached hydrogens (tertiary/aromatic N) is 2. The van der Waals surface area contributed by atoms with Gasteiger partial charge in [-0.1, -0.05) is 0 Å². The molecule has 1 saturated heterocycles. The molecule has 1 heterocycles. The molecule has 0 saturated carbocycles. The second-order valence-electron chi connectivity index (χ2n) is 7.25. The lowest BCUT2D eigenvalue weighted by atomic mass is 10.2. The largest absolute Gasteiger partial charge is 0.349 e. The maximum atomic E-state index is 12.6. The summed E-state index contributed by atoms with van der Waals surface area (Å²) in [6.07, 6.45) is 0. The van der Waals surface area contributed by atoms with Gasteiger partial charge in [0.15, 0.2) is 6.54 Å². The van der Waals surface area contributed by atoms with Gasteiger partial charge in [0.25, 0.3) is 11.8 Å². The van der Waals surface area contributed by atoms with Gasteiger partial charge in [-0.05, 0) is 38.1 Å². The number of carbonyl (C=O) groups excluding carboxylic acids is 2. The van der Waals surface area contributed by atoms with Crippen LogP contribution in [-0.2, 0) is 14.8 Å². The lowest BCUT2D eigenvalue weighted by Crippen LogP contribution is -3.15. The summed E-state index contributed by atoms with van der Waals surface area (Å²) in [7, 11) is -0.565. The van der Waals surface area contributed by atoms with Crippen LogP contribution < -0.4 is 10.2 Å². The molecule has 0 atom stereocenters. The van der Waals surface area contributed by atoms with Crippen LogP contribution in [0.15, 0.2) is 29.2 Å². The quantitative estimate of drug-likeness (QED) is 0.631. The van der Waals surface area contributed by atoms with E-state index in [0.29, 0.717) is 38.3 Å². The Labute approximate surface area is 161 Å². The Balaban J connectivity index is 1.93. The average Bonchev–Trinajstić information content (AvgIpc) is 2.61. The zero-order valence-electron chi connectivity index (χ0n) is 16.4. The summed E-state index contributed by atoms with van der Waals surface area (Å²) < 4.78 is 25.3. The fourth-order valence-electron chi connectivity index (χ4n) is 2.97. The maximum Gasteiger partial charge on any atom is 0.275 e. The predicted molar refractivity (Wildman–Crippen MR) is 102 cm³/mol. The topological polar surface area (TPSA) is 91.2 Å². The number of rotatable bonds is 6. The molecule has 0 radical (unpaired) electrons. The van der Waals surface area contributed by atoms with E-state index >= 15 is 0 Å². The van der Waals surface area contributed by atoms with Crippen molar-refractivity contribution in [1.29, 1.82) is 0 Å². The van der Waals surface area contributed by atoms with Crippen molar-refractivity contribution in [2.45, 2.75) is 24.8 Å². The van der Waals surface area contributed by atoms with E-state index in [0.717, 1.165) is 9.21 Å². The van der Waals surface area contributed by atoms with E-state index in [9.17, 15) is 18.0 Å². The molecule has 0 spiro atoms. The van der Waals surface area contributed by atoms with E-state index in [-0.39, 0.29) is 22.8 Å². The Kier molecular flexibility index (Phi) is 6.96. The molecule has 0 bridgehead atoms. The summed E-state index contributed by atoms with van der Waals surface area (Å²) in [4.78, 5) is 27.6. The summed E-state index contributed by atoms with van der Waals surface area (Å²) in [5.74, 6) is -0.0908. The van der Waals surface area contributed by atoms with Gasteiger partial charge in [-0.25, -0.2) is 12.7 Å². The Morgan fingerprint density at radius 2 is 1.70 bits per heavy atom. The highest BCUT2D eigenvalue weighted by atomic mass is 32.2. The molecular weight excluding hydrogens is 368 g/mol. The molecule has 1 aliphatic heterocycles. The van der Waals surface area contributed by atoms with Crippen LogP contribution in [-0.4, -0.2) is 82.3 Å². The predicted octanol–water partition coefficient (Wildman–Crippen LogP) is -1.20. The van der Waals surface area contributed by atoms with Crippen LogP contribution in [0.25, 0.3) is 0 Å². The second kappa shape index (κ2) is 8.81. The van der Waals surface area contributed by atoms with E-state index in [1.807, 2.05) is 13.8 Å². The van der Waals surface area contributed by atoms with Gasteiger partial charge in [-0.2, -0.15) is 0 Å². The molecule has 27 heavy (non-hydrogen) atoms. The lowest BCUT2D eigenvalue weighted by molar-refractivity contribution is -0.896. The first-order valence-electron chi connectivity index (χ1n) is 9.06. The molecule has 1 aliphatic rings. The van der Waals surface area contributed by atoms with Crippen molar-refractivity contribution in [3.8, 4) is 0 Å². The van der Waals surface area contributed by atoms with Gasteiger partial charge in [0, 0.05) is 25.7 Å². The van der Waals surface area contributed by atoms with Crippen molar-refractivity contribution in [1.82, 2.24) is 14.5 Å². The summed E-state index contributed by atoms with van der Waals surface area (Å²) >= 11 is 0. The fraction of sp³-hybridized carbons (Fsp3) is 0.556. The van der Waals surface area contributed by atoms with Crippen molar-refractivity contribution in [3.63, 3.8) is 0 Å². The third-order valence-corrected chi connectivity index (χ3v) is 6.33. The van der Waals surface area contributed by atoms with Crippen LogP contribution in [0.3, 0.4) is 0 Å². The van der Waals surface area contributed by atoms with Crippen LogP contribution in [0.4, 0.5) is 0 Å². The molecule has 2 N–H and O–H groups in total. The van der Waals surface area contributed by atoms with Crippen LogP contribution in [0.2, 0.25) is 0 Å². The average molecular weight is 398 g/mol. The molecule has 1 aromatic carbocycles. The molecule has 1 aromatic rings. The minimum absolute atomic E-state index is 0.0254. The Morgan fingerprint density at radius 3 is 2.19 bits per heavy atom. The van der Waals surface area contributed by atoms with E-state index in [1.54, 1.807) is 17.0 Å². The van der Waals surface area contributed by atoms with Gasteiger partial charge < -0.3 is 15.1 Å². The van der Waals surface area contributed by atoms with Crippen molar-refractivity contribution in [2.75, 3.05) is 46.8 Å². The van der Waals surface area contributed by atoms with Crippen molar-refractivity contribution >= 4 is 21.8 Å². The van der Waals surface area contributed by atoms with Gasteiger partial charge in [0.1, 0.15) is 0 Å². The van der Waals surface area contributed by atoms with Gasteiger partial charge in [0.05, 0.1) is 31.1 Å². The lowest BCUT2D eigenvalue weighted by Gasteiger charge is -2.32. The van der Waals surface area contributed by atoms with Gasteiger partial charge >= 0.3 is 0 Å². The maximum absolute atomic E-state index is 12.6. The molecule has 0 aromatic heterocycles. The molecule has 1 fully saturated rings. The zero-order chi connectivity index (χ0) is 20.2. The van der Waals surface area contributed by atoms with Gasteiger partial charge in [-0.3, -0.25) is 9.59 Å². The minimum atomic E-state index is -3.50. The number of hydrogen-bond acceptors (Lipinski definition) is 4. The SMILES string of the molecule is CC(C)NC(=O)C[NH+]1CCN(C(=O)c2ccc(S(=O)(=O)N(C)C)cc2)CC1. The molecule has 0 aliphatic carbocycles. The van der Waals surface area contributed by atoms with Crippen LogP contribution in [0, 0.1) is 0 Å². The van der Waals surface area contributed by atoms with E-state index < -0.39 is 10.0 Å². The van der Waals surface area contributed by atoms with Crippen molar-refractivity contribution in [2.24, 2.45) is 0 Å². The van der Waals surface area contributed by atoms with E-state index in [4.69, 9.17) is 0 Å². The summed E-state index contributed by atoms with van der Waals surface area (Å²) in [6.45, 7) is 6.84. The molecule has 0 unspecified atom stereocenters. The molecule has 2 rings (SSSR count). The second-order valence-corrected chi connectivity index (χ2v) is 9.40. The first-order valence-corrected chi connectivity index (χ1v) is 10.5. The number of nitrogens with one attached hydrogen (secondary N) is 2. The Hall–Kier alpha value is -1.97. The summed E-state index contributed by atoms with van der Waals surface area (Å²) in [6, 6.07) is 6.14. The third-order valence-electron chi connectivity index (χ3n) is 4.50. The highest BCUT2D eigenvalue weighted by Gasteiger charge is 2.26. The normalized spacial score (nSPS) is 16.0. The summed E-state index contributed by atoms with van der Waals surface area (Å²) in [5.41, 5.74) is 0.466. The molecule has 150 valence electrons. The number of amides is 2. The van der Waals surface area contributed by atoms with Gasteiger partial charge in [-0.15, -0.1) is 0 Å². The van der Waals surface area contributed by atoms with Gasteiger partial charge in [0.2, 0.25) is 10.0 Å². The fourth-order valence-corrected chi connectivity index (χ4v) is 3.87. The number of sulfonamides is 1. The first kappa shape index (κ1) is 21.3. The number of benzene rings is 1. The Morgan fingerprint density at radius 1 is 1.15 bits per heavy atom. The molecule has 8 nitrogen and oxygen atoms in total. The van der Waals surface area contributed by atoms with Crippen LogP contribution in [0.5, 0.6) is 0 Å². The smallest absolute Gasteiger partial charge is 0.275 e.